The minimum atomic E-state index is 0. The minimum Gasteiger partial charge on any atom is -0.377 e. The van der Waals surface area contributed by atoms with Crippen molar-refractivity contribution in [1.82, 2.24) is 10.6 Å². The van der Waals surface area contributed by atoms with E-state index < -0.39 is 0 Å². The predicted molar refractivity (Wildman–Crippen MR) is 117 cm³/mol. The molecule has 2 atom stereocenters. The van der Waals surface area contributed by atoms with Gasteiger partial charge in [0.1, 0.15) is 0 Å². The van der Waals surface area contributed by atoms with Crippen molar-refractivity contribution in [2.24, 2.45) is 16.3 Å². The van der Waals surface area contributed by atoms with Gasteiger partial charge in [0.15, 0.2) is 5.96 Å². The van der Waals surface area contributed by atoms with Crippen molar-refractivity contribution in [2.75, 3.05) is 19.7 Å². The number of nitrogens with zero attached hydrogens (tertiary/aromatic N) is 1. The number of hydrogen-bond donors (Lipinski definition) is 2. The molecular weight excluding hydrogens is 425 g/mol. The molecule has 1 aliphatic rings. The smallest absolute Gasteiger partial charge is 0.191 e. The van der Waals surface area contributed by atoms with Crippen molar-refractivity contribution in [2.45, 2.75) is 53.2 Å². The topological polar surface area (TPSA) is 45.7 Å². The third kappa shape index (κ3) is 7.52. The summed E-state index contributed by atoms with van der Waals surface area (Å²) in [7, 11) is 0. The van der Waals surface area contributed by atoms with Crippen LogP contribution in [0.15, 0.2) is 35.3 Å². The van der Waals surface area contributed by atoms with E-state index in [1.807, 2.05) is 6.07 Å². The fourth-order valence-corrected chi connectivity index (χ4v) is 3.33. The van der Waals surface area contributed by atoms with Crippen LogP contribution in [0.1, 0.15) is 46.1 Å². The van der Waals surface area contributed by atoms with Crippen LogP contribution in [-0.4, -0.2) is 31.8 Å². The summed E-state index contributed by atoms with van der Waals surface area (Å²) in [6, 6.07) is 10.4. The van der Waals surface area contributed by atoms with E-state index in [1.54, 1.807) is 0 Å². The molecule has 0 saturated carbocycles. The van der Waals surface area contributed by atoms with Crippen LogP contribution in [0.3, 0.4) is 0 Å². The third-order valence-corrected chi connectivity index (χ3v) is 4.44. The Hall–Kier alpha value is -0.820. The largest absolute Gasteiger partial charge is 0.377 e. The lowest BCUT2D eigenvalue weighted by atomic mass is 9.78. The number of ether oxygens (including phenoxy) is 1. The lowest BCUT2D eigenvalue weighted by Crippen LogP contribution is -2.47. The molecule has 0 aliphatic carbocycles. The van der Waals surface area contributed by atoms with E-state index in [0.717, 1.165) is 32.1 Å². The Morgan fingerprint density at radius 1 is 1.20 bits per heavy atom. The van der Waals surface area contributed by atoms with Crippen molar-refractivity contribution in [3.63, 3.8) is 0 Å². The molecule has 25 heavy (non-hydrogen) atoms. The molecule has 1 fully saturated rings. The van der Waals surface area contributed by atoms with Gasteiger partial charge in [0.05, 0.1) is 12.6 Å². The lowest BCUT2D eigenvalue weighted by molar-refractivity contribution is -0.0835. The molecule has 0 amide bonds. The van der Waals surface area contributed by atoms with E-state index in [1.165, 1.54) is 12.0 Å². The molecule has 2 unspecified atom stereocenters. The van der Waals surface area contributed by atoms with Crippen LogP contribution in [0.5, 0.6) is 0 Å². The fourth-order valence-electron chi connectivity index (χ4n) is 3.33. The number of rotatable bonds is 5. The third-order valence-electron chi connectivity index (χ3n) is 4.44. The molecule has 2 N–H and O–H groups in total. The first kappa shape index (κ1) is 22.2. The van der Waals surface area contributed by atoms with Crippen LogP contribution >= 0.6 is 24.0 Å². The van der Waals surface area contributed by atoms with Crippen molar-refractivity contribution in [1.29, 1.82) is 0 Å². The molecule has 0 aromatic heterocycles. The summed E-state index contributed by atoms with van der Waals surface area (Å²) in [5.41, 5.74) is 1.40. The highest BCUT2D eigenvalue weighted by atomic mass is 127. The van der Waals surface area contributed by atoms with E-state index in [4.69, 9.17) is 9.73 Å². The lowest BCUT2D eigenvalue weighted by Gasteiger charge is -2.40. The van der Waals surface area contributed by atoms with Gasteiger partial charge in [-0.25, -0.2) is 4.99 Å². The maximum Gasteiger partial charge on any atom is 0.191 e. The number of hydrogen-bond acceptors (Lipinski definition) is 2. The molecule has 4 nitrogen and oxygen atoms in total. The molecule has 0 radical (unpaired) electrons. The Morgan fingerprint density at radius 3 is 2.56 bits per heavy atom. The first-order valence-corrected chi connectivity index (χ1v) is 9.18. The quantitative estimate of drug-likeness (QED) is 0.394. The highest BCUT2D eigenvalue weighted by Gasteiger charge is 2.35. The molecule has 2 rings (SSSR count). The van der Waals surface area contributed by atoms with Gasteiger partial charge in [0.2, 0.25) is 0 Å². The molecule has 0 spiro atoms. The van der Waals surface area contributed by atoms with Gasteiger partial charge in [-0.3, -0.25) is 0 Å². The van der Waals surface area contributed by atoms with Gasteiger partial charge >= 0.3 is 0 Å². The number of halogens is 1. The number of nitrogens with one attached hydrogen (secondary N) is 2. The zero-order chi connectivity index (χ0) is 17.4. The van der Waals surface area contributed by atoms with Crippen molar-refractivity contribution >= 4 is 29.9 Å². The Kier molecular flexibility index (Phi) is 9.79. The second-order valence-electron chi connectivity index (χ2n) is 7.62. The molecule has 1 aromatic rings. The standard InChI is InChI=1S/C20H33N3O.HI/c1-5-21-19(22-14-16-10-7-6-8-11-16)23-15-17-12-9-13-24-18(17)20(2,3)4;/h6-8,10-11,17-18H,5,9,12-15H2,1-4H3,(H2,21,22,23);1H. The minimum absolute atomic E-state index is 0. The monoisotopic (exact) mass is 459 g/mol. The summed E-state index contributed by atoms with van der Waals surface area (Å²) >= 11 is 0. The second kappa shape index (κ2) is 11.0. The van der Waals surface area contributed by atoms with E-state index >= 15 is 0 Å². The van der Waals surface area contributed by atoms with E-state index in [9.17, 15) is 0 Å². The molecule has 0 bridgehead atoms. The average Bonchev–Trinajstić information content (AvgIpc) is 2.58. The Labute approximate surface area is 170 Å². The van der Waals surface area contributed by atoms with Crippen LogP contribution in [0, 0.1) is 11.3 Å². The molecule has 142 valence electrons. The van der Waals surface area contributed by atoms with Crippen LogP contribution in [0.25, 0.3) is 0 Å². The molecule has 1 aromatic carbocycles. The van der Waals surface area contributed by atoms with Crippen molar-refractivity contribution in [3.8, 4) is 0 Å². The van der Waals surface area contributed by atoms with Crippen LogP contribution in [0.4, 0.5) is 0 Å². The molecule has 1 saturated heterocycles. The van der Waals surface area contributed by atoms with Gasteiger partial charge in [-0.05, 0) is 30.7 Å². The van der Waals surface area contributed by atoms with E-state index in [-0.39, 0.29) is 29.4 Å². The summed E-state index contributed by atoms with van der Waals surface area (Å²) in [5.74, 6) is 1.42. The number of aliphatic imine (C=N–C) groups is 1. The number of guanidine groups is 1. The maximum atomic E-state index is 6.08. The number of benzene rings is 1. The van der Waals surface area contributed by atoms with Crippen molar-refractivity contribution < 1.29 is 4.74 Å². The first-order chi connectivity index (χ1) is 11.5. The summed E-state index contributed by atoms with van der Waals surface area (Å²) in [6.07, 6.45) is 2.67. The van der Waals surface area contributed by atoms with Gasteiger partial charge in [-0.1, -0.05) is 51.1 Å². The summed E-state index contributed by atoms with van der Waals surface area (Å²) in [5, 5.41) is 6.87. The molecule has 1 heterocycles. The van der Waals surface area contributed by atoms with Gasteiger partial charge in [0.25, 0.3) is 0 Å². The summed E-state index contributed by atoms with van der Waals surface area (Å²) in [4.78, 5) is 4.71. The molecule has 5 heteroatoms. The zero-order valence-corrected chi connectivity index (χ0v) is 18.4. The van der Waals surface area contributed by atoms with E-state index in [0.29, 0.717) is 18.6 Å². The predicted octanol–water partition coefficient (Wildman–Crippen LogP) is 4.20. The van der Waals surface area contributed by atoms with Gasteiger partial charge in [-0.2, -0.15) is 0 Å². The normalized spacial score (nSPS) is 21.4. The second-order valence-corrected chi connectivity index (χ2v) is 7.62. The molecular formula is C20H34IN3O. The highest BCUT2D eigenvalue weighted by Crippen LogP contribution is 2.33. The molecule has 1 aliphatic heterocycles. The van der Waals surface area contributed by atoms with E-state index in [2.05, 4.69) is 62.6 Å². The Morgan fingerprint density at radius 2 is 1.92 bits per heavy atom. The van der Waals surface area contributed by atoms with Crippen LogP contribution < -0.4 is 10.6 Å². The van der Waals surface area contributed by atoms with Gasteiger partial charge in [-0.15, -0.1) is 24.0 Å². The van der Waals surface area contributed by atoms with Gasteiger partial charge in [0, 0.05) is 25.6 Å². The first-order valence-electron chi connectivity index (χ1n) is 9.18. The van der Waals surface area contributed by atoms with Gasteiger partial charge < -0.3 is 15.4 Å². The average molecular weight is 459 g/mol. The highest BCUT2D eigenvalue weighted by molar-refractivity contribution is 14.0. The summed E-state index contributed by atoms with van der Waals surface area (Å²) < 4.78 is 6.08. The SMILES string of the molecule is CCNC(=NCc1ccccc1)NCC1CCCOC1C(C)(C)C.I. The zero-order valence-electron chi connectivity index (χ0n) is 16.0. The Bertz CT molecular complexity index is 513. The van der Waals surface area contributed by atoms with Crippen LogP contribution in [-0.2, 0) is 11.3 Å². The Balaban J connectivity index is 0.00000312. The fraction of sp³-hybridized carbons (Fsp3) is 0.650. The van der Waals surface area contributed by atoms with Crippen LogP contribution in [0.2, 0.25) is 0 Å². The van der Waals surface area contributed by atoms with Crippen molar-refractivity contribution in [3.05, 3.63) is 35.9 Å². The maximum absolute atomic E-state index is 6.08. The summed E-state index contributed by atoms with van der Waals surface area (Å²) in [6.45, 7) is 12.3.